The van der Waals surface area contributed by atoms with Crippen LogP contribution in [-0.2, 0) is 10.8 Å². The van der Waals surface area contributed by atoms with Crippen molar-refractivity contribution in [2.45, 2.75) is 24.7 Å². The molecule has 0 aliphatic heterocycles. The average Bonchev–Trinajstić information content (AvgIpc) is 3.59. The molecule has 0 fully saturated rings. The summed E-state index contributed by atoms with van der Waals surface area (Å²) in [6, 6.07) is 74.9. The third kappa shape index (κ3) is 5.18. The Bertz CT molecular complexity index is 2890. The number of nitrogens with zero attached hydrogens (tertiary/aromatic N) is 2. The Morgan fingerprint density at radius 2 is 0.690 bits per heavy atom. The zero-order valence-corrected chi connectivity index (χ0v) is 32.5. The predicted octanol–water partition coefficient (Wildman–Crippen LogP) is 13.8. The summed E-state index contributed by atoms with van der Waals surface area (Å²) >= 11 is 0. The summed E-state index contributed by atoms with van der Waals surface area (Å²) in [5, 5.41) is 0. The van der Waals surface area contributed by atoms with Crippen molar-refractivity contribution in [1.82, 2.24) is 9.97 Å². The van der Waals surface area contributed by atoms with E-state index in [1.807, 2.05) is 12.1 Å². The number of fused-ring (bicyclic) bond motifs is 9. The van der Waals surface area contributed by atoms with Crippen LogP contribution in [0.3, 0.4) is 0 Å². The van der Waals surface area contributed by atoms with E-state index in [4.69, 9.17) is 9.97 Å². The van der Waals surface area contributed by atoms with Crippen molar-refractivity contribution in [3.63, 3.8) is 0 Å². The monoisotopic (exact) mass is 740 g/mol. The van der Waals surface area contributed by atoms with Crippen molar-refractivity contribution in [2.75, 3.05) is 0 Å². The largest absolute Gasteiger partial charge is 0.228 e. The molecule has 8 aromatic carbocycles. The molecule has 0 radical (unpaired) electrons. The lowest BCUT2D eigenvalue weighted by molar-refractivity contribution is 0.563. The molecular formula is C56H40N2. The smallest absolute Gasteiger partial charge is 0.160 e. The Hall–Kier alpha value is -7.16. The van der Waals surface area contributed by atoms with Crippen molar-refractivity contribution < 1.29 is 0 Å². The highest BCUT2D eigenvalue weighted by atomic mass is 14.9. The van der Waals surface area contributed by atoms with E-state index >= 15 is 0 Å². The van der Waals surface area contributed by atoms with Crippen LogP contribution < -0.4 is 0 Å². The fraction of sp³-hybridized carbons (Fsp3) is 0.0714. The number of hydrogen-bond acceptors (Lipinski definition) is 2. The van der Waals surface area contributed by atoms with Crippen molar-refractivity contribution in [3.05, 3.63) is 240 Å². The van der Waals surface area contributed by atoms with Crippen LogP contribution >= 0.6 is 0 Å². The Kier molecular flexibility index (Phi) is 7.78. The van der Waals surface area contributed by atoms with Gasteiger partial charge < -0.3 is 0 Å². The summed E-state index contributed by atoms with van der Waals surface area (Å²) in [6.07, 6.45) is 0. The van der Waals surface area contributed by atoms with Crippen LogP contribution in [0.4, 0.5) is 0 Å². The average molecular weight is 741 g/mol. The zero-order valence-electron chi connectivity index (χ0n) is 32.5. The fourth-order valence-electron chi connectivity index (χ4n) is 9.80. The molecule has 2 aliphatic carbocycles. The molecule has 1 heterocycles. The molecule has 58 heavy (non-hydrogen) atoms. The Morgan fingerprint density at radius 3 is 1.22 bits per heavy atom. The van der Waals surface area contributed by atoms with Crippen LogP contribution in [0.15, 0.2) is 206 Å². The molecule has 2 nitrogen and oxygen atoms in total. The van der Waals surface area contributed by atoms with Gasteiger partial charge in [-0.1, -0.05) is 208 Å². The maximum absolute atomic E-state index is 5.04. The highest BCUT2D eigenvalue weighted by Crippen LogP contribution is 2.62. The van der Waals surface area contributed by atoms with Gasteiger partial charge in [-0.05, 0) is 78.9 Å². The van der Waals surface area contributed by atoms with Crippen molar-refractivity contribution in [1.29, 1.82) is 0 Å². The summed E-state index contributed by atoms with van der Waals surface area (Å²) in [6.45, 7) is 4.76. The Morgan fingerprint density at radius 1 is 0.293 bits per heavy atom. The van der Waals surface area contributed by atoms with E-state index in [0.29, 0.717) is 5.82 Å². The van der Waals surface area contributed by atoms with Crippen LogP contribution in [0, 0.1) is 0 Å². The lowest BCUT2D eigenvalue weighted by Gasteiger charge is -2.46. The molecule has 9 aromatic rings. The van der Waals surface area contributed by atoms with Gasteiger partial charge in [0.25, 0.3) is 0 Å². The van der Waals surface area contributed by atoms with Gasteiger partial charge in [0, 0.05) is 22.1 Å². The van der Waals surface area contributed by atoms with E-state index in [9.17, 15) is 0 Å². The topological polar surface area (TPSA) is 25.8 Å². The van der Waals surface area contributed by atoms with Gasteiger partial charge in [-0.2, -0.15) is 0 Å². The summed E-state index contributed by atoms with van der Waals surface area (Å²) < 4.78 is 0. The van der Waals surface area contributed by atoms with E-state index in [-0.39, 0.29) is 5.41 Å². The lowest BCUT2D eigenvalue weighted by atomic mass is 9.55. The van der Waals surface area contributed by atoms with Gasteiger partial charge in [0.15, 0.2) is 5.82 Å². The first-order chi connectivity index (χ1) is 28.5. The molecule has 1 aromatic heterocycles. The molecule has 2 aliphatic rings. The predicted molar refractivity (Wildman–Crippen MR) is 239 cm³/mol. The minimum atomic E-state index is -0.404. The first-order valence-corrected chi connectivity index (χ1v) is 20.2. The molecule has 0 N–H and O–H groups in total. The number of benzene rings is 8. The summed E-state index contributed by atoms with van der Waals surface area (Å²) in [5.41, 5.74) is 20.1. The van der Waals surface area contributed by atoms with Crippen LogP contribution in [0.2, 0.25) is 0 Å². The van der Waals surface area contributed by atoms with Gasteiger partial charge in [-0.3, -0.25) is 0 Å². The first-order valence-electron chi connectivity index (χ1n) is 20.2. The molecule has 0 atom stereocenters. The molecule has 0 bridgehead atoms. The van der Waals surface area contributed by atoms with Gasteiger partial charge in [-0.15, -0.1) is 0 Å². The second-order valence-electron chi connectivity index (χ2n) is 16.1. The van der Waals surface area contributed by atoms with Crippen molar-refractivity contribution >= 4 is 0 Å². The van der Waals surface area contributed by atoms with Gasteiger partial charge in [0.1, 0.15) is 0 Å². The molecule has 2 heteroatoms. The normalized spacial score (nSPS) is 14.0. The highest BCUT2D eigenvalue weighted by Gasteiger charge is 2.53. The standard InChI is InChI=1S/C56H40N2/c1-55(2)47-21-11-13-23-49(47)56(50-24-14-12-22-48(50)55)46-20-10-9-19-44(46)45-34-33-43(35-51(45)56)39-27-25-37(26-28-39)38-29-31-42(32-30-38)54-57-52(40-15-5-3-6-16-40)36-53(58-54)41-17-7-4-8-18-41/h3-36H,1-2H3. The summed E-state index contributed by atoms with van der Waals surface area (Å²) in [5.74, 6) is 0.713. The third-order valence-corrected chi connectivity index (χ3v) is 12.6. The maximum atomic E-state index is 5.04. The quantitative estimate of drug-likeness (QED) is 0.176. The third-order valence-electron chi connectivity index (χ3n) is 12.6. The second kappa shape index (κ2) is 13.2. The number of rotatable bonds is 5. The van der Waals surface area contributed by atoms with Crippen LogP contribution in [-0.4, -0.2) is 9.97 Å². The first kappa shape index (κ1) is 34.1. The van der Waals surface area contributed by atoms with Crippen LogP contribution in [0.1, 0.15) is 47.2 Å². The second-order valence-corrected chi connectivity index (χ2v) is 16.1. The highest BCUT2D eigenvalue weighted by molar-refractivity contribution is 5.90. The van der Waals surface area contributed by atoms with E-state index in [1.54, 1.807) is 0 Å². The molecule has 0 saturated carbocycles. The maximum Gasteiger partial charge on any atom is 0.160 e. The molecule has 274 valence electrons. The Labute approximate surface area is 340 Å². The molecular weight excluding hydrogens is 701 g/mol. The van der Waals surface area contributed by atoms with E-state index in [1.165, 1.54) is 61.2 Å². The lowest BCUT2D eigenvalue weighted by Crippen LogP contribution is -2.40. The molecule has 0 unspecified atom stereocenters. The van der Waals surface area contributed by atoms with Crippen LogP contribution in [0.25, 0.3) is 67.3 Å². The van der Waals surface area contributed by atoms with Crippen LogP contribution in [0.5, 0.6) is 0 Å². The molecule has 11 rings (SSSR count). The van der Waals surface area contributed by atoms with Gasteiger partial charge >= 0.3 is 0 Å². The van der Waals surface area contributed by atoms with Gasteiger partial charge in [0.2, 0.25) is 0 Å². The minimum Gasteiger partial charge on any atom is -0.228 e. The van der Waals surface area contributed by atoms with E-state index in [0.717, 1.165) is 33.6 Å². The SMILES string of the molecule is CC1(C)c2ccccc2C2(c3ccccc3-c3ccc(-c4ccc(-c5ccc(-c6nc(-c7ccccc7)cc(-c7ccccc7)n6)cc5)cc4)cc32)c2ccccc21. The summed E-state index contributed by atoms with van der Waals surface area (Å²) in [7, 11) is 0. The van der Waals surface area contributed by atoms with Crippen molar-refractivity contribution in [3.8, 4) is 67.3 Å². The van der Waals surface area contributed by atoms with E-state index in [2.05, 4.69) is 208 Å². The number of hydrogen-bond donors (Lipinski definition) is 0. The molecule has 1 spiro atoms. The minimum absolute atomic E-state index is 0.119. The molecule has 0 amide bonds. The molecule has 0 saturated heterocycles. The van der Waals surface area contributed by atoms with Gasteiger partial charge in [0.05, 0.1) is 16.8 Å². The van der Waals surface area contributed by atoms with Gasteiger partial charge in [-0.25, -0.2) is 9.97 Å². The van der Waals surface area contributed by atoms with E-state index < -0.39 is 5.41 Å². The summed E-state index contributed by atoms with van der Waals surface area (Å²) in [4.78, 5) is 10.1. The van der Waals surface area contributed by atoms with Crippen molar-refractivity contribution in [2.24, 2.45) is 0 Å². The Balaban J connectivity index is 0.964. The zero-order chi connectivity index (χ0) is 38.8. The number of aromatic nitrogens is 2. The fourth-order valence-corrected chi connectivity index (χ4v) is 9.80.